The fraction of sp³-hybridized carbons (Fsp3) is 0.471. The standard InChI is InChI=1S/C8H13N5O5.C3H6O.C2H6O.2C2H2/c9-4(3-14)7-12-5(18-13-7)1-10-8(17)11-2-6(15)16;1-3(2)4;1-2-3;2*1-2/h4,14H,1-3,9H2,(H,15,16)(H2,10,11,17);1-2H3;3H,2H2,1H3;2*1-2H/t4-;;;;/m0..../s1. The van der Waals surface area contributed by atoms with Crippen LogP contribution in [-0.4, -0.2) is 63.0 Å². The highest BCUT2D eigenvalue weighted by molar-refractivity contribution is 5.79. The van der Waals surface area contributed by atoms with E-state index in [1.54, 1.807) is 6.92 Å². The Morgan fingerprint density at radius 2 is 1.59 bits per heavy atom. The van der Waals surface area contributed by atoms with Crippen molar-refractivity contribution in [2.24, 2.45) is 5.73 Å². The Balaban J connectivity index is -0.000000238. The van der Waals surface area contributed by atoms with E-state index in [4.69, 9.17) is 25.6 Å². The summed E-state index contributed by atoms with van der Waals surface area (Å²) in [5, 5.41) is 32.5. The molecule has 1 heterocycles. The normalized spacial score (nSPS) is 9.03. The first-order chi connectivity index (χ1) is 13.7. The second-order valence-corrected chi connectivity index (χ2v) is 4.49. The lowest BCUT2D eigenvalue weighted by atomic mass is 10.3. The van der Waals surface area contributed by atoms with Gasteiger partial charge in [0, 0.05) is 6.61 Å². The number of nitrogens with two attached hydrogens (primary N) is 1. The maximum atomic E-state index is 11.1. The fourth-order valence-corrected chi connectivity index (χ4v) is 0.946. The molecule has 29 heavy (non-hydrogen) atoms. The minimum atomic E-state index is -1.15. The fourth-order valence-electron chi connectivity index (χ4n) is 0.946. The van der Waals surface area contributed by atoms with Crippen molar-refractivity contribution in [1.82, 2.24) is 20.8 Å². The number of terminal acetylenes is 2. The molecule has 0 saturated heterocycles. The largest absolute Gasteiger partial charge is 0.480 e. The van der Waals surface area contributed by atoms with Gasteiger partial charge in [-0.1, -0.05) is 5.16 Å². The maximum absolute atomic E-state index is 11.1. The first-order valence-corrected chi connectivity index (χ1v) is 7.84. The van der Waals surface area contributed by atoms with E-state index in [1.807, 2.05) is 0 Å². The molecular weight excluding hydrogens is 386 g/mol. The number of hydrogen-bond donors (Lipinski definition) is 6. The van der Waals surface area contributed by atoms with Gasteiger partial charge in [-0.15, -0.1) is 25.7 Å². The first kappa shape index (κ1) is 33.2. The van der Waals surface area contributed by atoms with Gasteiger partial charge in [0.1, 0.15) is 12.3 Å². The molecule has 1 aromatic rings. The van der Waals surface area contributed by atoms with E-state index in [-0.39, 0.29) is 37.3 Å². The number of nitrogens with zero attached hydrogens (tertiary/aromatic N) is 2. The minimum absolute atomic E-state index is 0.0728. The topological polar surface area (TPSA) is 201 Å². The van der Waals surface area contributed by atoms with Crippen LogP contribution in [0.3, 0.4) is 0 Å². The highest BCUT2D eigenvalue weighted by atomic mass is 16.5. The molecule has 1 atom stereocenters. The number of nitrogens with one attached hydrogen (secondary N) is 2. The molecule has 164 valence electrons. The molecule has 7 N–H and O–H groups in total. The SMILES string of the molecule is C#C.C#C.CC(C)=O.CCO.N[C@@H](CO)c1noc(CNC(=O)NCC(=O)O)n1. The Morgan fingerprint density at radius 1 is 1.14 bits per heavy atom. The number of urea groups is 1. The Morgan fingerprint density at radius 3 is 1.97 bits per heavy atom. The maximum Gasteiger partial charge on any atom is 0.323 e. The number of aliphatic hydroxyl groups is 2. The van der Waals surface area contributed by atoms with Gasteiger partial charge in [0.2, 0.25) is 5.89 Å². The summed E-state index contributed by atoms with van der Waals surface area (Å²) >= 11 is 0. The molecule has 0 aliphatic heterocycles. The van der Waals surface area contributed by atoms with Crippen molar-refractivity contribution in [3.05, 3.63) is 11.7 Å². The number of carbonyl (C=O) groups excluding carboxylic acids is 2. The molecule has 12 heteroatoms. The van der Waals surface area contributed by atoms with E-state index < -0.39 is 24.6 Å². The third kappa shape index (κ3) is 26.9. The van der Waals surface area contributed by atoms with Crippen LogP contribution in [-0.2, 0) is 16.1 Å². The number of amides is 2. The Bertz CT molecular complexity index is 589. The zero-order valence-corrected chi connectivity index (χ0v) is 16.7. The number of aliphatic carboxylic acids is 1. The second kappa shape index (κ2) is 24.6. The van der Waals surface area contributed by atoms with Gasteiger partial charge in [0.15, 0.2) is 5.82 Å². The summed E-state index contributed by atoms with van der Waals surface area (Å²) in [6.07, 6.45) is 16.0. The van der Waals surface area contributed by atoms with Crippen LogP contribution in [0.2, 0.25) is 0 Å². The van der Waals surface area contributed by atoms with Crippen molar-refractivity contribution in [3.8, 4) is 25.7 Å². The summed E-state index contributed by atoms with van der Waals surface area (Å²) < 4.78 is 4.75. The number of carboxylic acids is 1. The highest BCUT2D eigenvalue weighted by Crippen LogP contribution is 2.04. The Kier molecular flexibility index (Phi) is 28.1. The van der Waals surface area contributed by atoms with E-state index in [0.29, 0.717) is 0 Å². The van der Waals surface area contributed by atoms with Crippen molar-refractivity contribution in [2.75, 3.05) is 19.8 Å². The molecule has 0 fully saturated rings. The molecule has 0 saturated carbocycles. The van der Waals surface area contributed by atoms with Gasteiger partial charge in [-0.25, -0.2) is 4.79 Å². The van der Waals surface area contributed by atoms with Crippen LogP contribution < -0.4 is 16.4 Å². The lowest BCUT2D eigenvalue weighted by Gasteiger charge is -2.02. The van der Waals surface area contributed by atoms with Crippen LogP contribution in [0.5, 0.6) is 0 Å². The van der Waals surface area contributed by atoms with Crippen LogP contribution in [0, 0.1) is 25.7 Å². The number of aromatic nitrogens is 2. The number of rotatable bonds is 6. The average molecular weight is 415 g/mol. The van der Waals surface area contributed by atoms with Crippen LogP contribution in [0.15, 0.2) is 4.52 Å². The molecule has 0 spiro atoms. The number of Topliss-reactive ketones (excluding diaryl/α,β-unsaturated/α-hetero) is 1. The predicted molar refractivity (Wildman–Crippen MR) is 105 cm³/mol. The molecule has 0 aliphatic carbocycles. The minimum Gasteiger partial charge on any atom is -0.480 e. The molecule has 0 radical (unpaired) electrons. The van der Waals surface area contributed by atoms with Gasteiger partial charge in [0.25, 0.3) is 0 Å². The zero-order chi connectivity index (χ0) is 23.8. The molecule has 0 bridgehead atoms. The molecule has 2 amide bonds. The monoisotopic (exact) mass is 415 g/mol. The Hall–Kier alpha value is -3.45. The number of ketones is 1. The van der Waals surface area contributed by atoms with E-state index >= 15 is 0 Å². The van der Waals surface area contributed by atoms with Crippen LogP contribution >= 0.6 is 0 Å². The second-order valence-electron chi connectivity index (χ2n) is 4.49. The summed E-state index contributed by atoms with van der Waals surface area (Å²) in [7, 11) is 0. The van der Waals surface area contributed by atoms with Gasteiger partial charge < -0.3 is 41.0 Å². The van der Waals surface area contributed by atoms with Gasteiger partial charge in [-0.05, 0) is 20.8 Å². The number of aliphatic hydroxyl groups excluding tert-OH is 2. The van der Waals surface area contributed by atoms with Gasteiger partial charge >= 0.3 is 12.0 Å². The summed E-state index contributed by atoms with van der Waals surface area (Å²) in [5.74, 6) is -0.765. The van der Waals surface area contributed by atoms with Crippen LogP contribution in [0.4, 0.5) is 4.79 Å². The molecule has 12 nitrogen and oxygen atoms in total. The number of carboxylic acid groups (broad SMARTS) is 1. The van der Waals surface area contributed by atoms with E-state index in [9.17, 15) is 14.4 Å². The number of carbonyl (C=O) groups is 3. The highest BCUT2D eigenvalue weighted by Gasteiger charge is 2.13. The lowest BCUT2D eigenvalue weighted by Crippen LogP contribution is -2.38. The molecule has 0 aliphatic rings. The lowest BCUT2D eigenvalue weighted by molar-refractivity contribution is -0.135. The van der Waals surface area contributed by atoms with Crippen molar-refractivity contribution >= 4 is 17.8 Å². The van der Waals surface area contributed by atoms with E-state index in [2.05, 4.69) is 46.5 Å². The third-order valence-corrected chi connectivity index (χ3v) is 1.81. The summed E-state index contributed by atoms with van der Waals surface area (Å²) in [6, 6.07) is -1.42. The predicted octanol–water partition coefficient (Wildman–Crippen LogP) is -0.962. The molecule has 0 aromatic carbocycles. The first-order valence-electron chi connectivity index (χ1n) is 7.84. The smallest absolute Gasteiger partial charge is 0.323 e. The van der Waals surface area contributed by atoms with Crippen molar-refractivity contribution in [3.63, 3.8) is 0 Å². The van der Waals surface area contributed by atoms with Gasteiger partial charge in [-0.2, -0.15) is 4.98 Å². The van der Waals surface area contributed by atoms with E-state index in [0.717, 1.165) is 0 Å². The number of hydrogen-bond acceptors (Lipinski definition) is 9. The molecular formula is C17H29N5O7. The summed E-state index contributed by atoms with van der Waals surface area (Å²) in [5.41, 5.74) is 5.44. The molecule has 1 aromatic heterocycles. The average Bonchev–Trinajstić information content (AvgIpc) is 3.16. The van der Waals surface area contributed by atoms with Crippen molar-refractivity contribution in [1.29, 1.82) is 0 Å². The summed E-state index contributed by atoms with van der Waals surface area (Å²) in [4.78, 5) is 34.5. The van der Waals surface area contributed by atoms with Crippen LogP contribution in [0.25, 0.3) is 0 Å². The third-order valence-electron chi connectivity index (χ3n) is 1.81. The molecule has 0 unspecified atom stereocenters. The molecule has 1 rings (SSSR count). The van der Waals surface area contributed by atoms with Gasteiger partial charge in [-0.3, -0.25) is 4.79 Å². The quantitative estimate of drug-likeness (QED) is 0.314. The Labute approximate surface area is 169 Å². The van der Waals surface area contributed by atoms with E-state index in [1.165, 1.54) is 13.8 Å². The van der Waals surface area contributed by atoms with Gasteiger partial charge in [0.05, 0.1) is 19.2 Å². The zero-order valence-electron chi connectivity index (χ0n) is 16.7. The van der Waals surface area contributed by atoms with Crippen molar-refractivity contribution < 1.29 is 34.2 Å². The van der Waals surface area contributed by atoms with Crippen molar-refractivity contribution in [2.45, 2.75) is 33.4 Å². The summed E-state index contributed by atoms with van der Waals surface area (Å²) in [6.45, 7) is 4.10. The van der Waals surface area contributed by atoms with Crippen LogP contribution in [0.1, 0.15) is 38.5 Å².